The number of thiophene rings is 1. The summed E-state index contributed by atoms with van der Waals surface area (Å²) in [6.45, 7) is 5.72. The molecule has 0 saturated carbocycles. The molecule has 2 aromatic heterocycles. The predicted molar refractivity (Wildman–Crippen MR) is 118 cm³/mol. The number of nitrogens with one attached hydrogen (secondary N) is 1. The van der Waals surface area contributed by atoms with Crippen molar-refractivity contribution in [1.29, 1.82) is 0 Å². The number of carbonyl (C=O) groups excluding carboxylic acids is 1. The number of halogens is 1. The van der Waals surface area contributed by atoms with Gasteiger partial charge in [0.2, 0.25) is 5.91 Å². The summed E-state index contributed by atoms with van der Waals surface area (Å²) in [5, 5.41) is 3.76. The van der Waals surface area contributed by atoms with Gasteiger partial charge >= 0.3 is 0 Å². The SMILES string of the molecule is Cc1ccc(NC(=O)C(C)Sc2nc(N)c3c4c(sc3n2)CC(C)CC4)cc1F. The van der Waals surface area contributed by atoms with Crippen LogP contribution in [0, 0.1) is 18.7 Å². The third-order valence-corrected chi connectivity index (χ3v) is 7.36. The summed E-state index contributed by atoms with van der Waals surface area (Å²) >= 11 is 2.94. The number of hydrogen-bond acceptors (Lipinski definition) is 6. The van der Waals surface area contributed by atoms with Crippen molar-refractivity contribution in [3.8, 4) is 0 Å². The maximum atomic E-state index is 13.7. The number of carbonyl (C=O) groups is 1. The van der Waals surface area contributed by atoms with Crippen LogP contribution in [0.4, 0.5) is 15.9 Å². The van der Waals surface area contributed by atoms with Crippen LogP contribution in [0.3, 0.4) is 0 Å². The Bertz CT molecular complexity index is 1100. The van der Waals surface area contributed by atoms with Crippen LogP contribution < -0.4 is 11.1 Å². The molecule has 152 valence electrons. The zero-order valence-corrected chi connectivity index (χ0v) is 18.2. The average Bonchev–Trinajstić information content (AvgIpc) is 3.02. The molecule has 3 N–H and O–H groups in total. The monoisotopic (exact) mass is 430 g/mol. The molecule has 1 aliphatic rings. The van der Waals surface area contributed by atoms with E-state index in [1.165, 1.54) is 28.3 Å². The molecule has 2 atom stereocenters. The van der Waals surface area contributed by atoms with Gasteiger partial charge in [0.25, 0.3) is 0 Å². The zero-order valence-electron chi connectivity index (χ0n) is 16.6. The number of benzene rings is 1. The lowest BCUT2D eigenvalue weighted by Crippen LogP contribution is -2.22. The van der Waals surface area contributed by atoms with Crippen molar-refractivity contribution in [1.82, 2.24) is 9.97 Å². The van der Waals surface area contributed by atoms with Gasteiger partial charge in [-0.1, -0.05) is 24.8 Å². The molecule has 1 aliphatic carbocycles. The first-order valence-corrected chi connectivity index (χ1v) is 11.3. The first kappa shape index (κ1) is 20.1. The Labute approximate surface area is 177 Å². The smallest absolute Gasteiger partial charge is 0.237 e. The second-order valence-electron chi connectivity index (χ2n) is 7.64. The molecular weight excluding hydrogens is 407 g/mol. The Kier molecular flexibility index (Phi) is 5.48. The predicted octanol–water partition coefficient (Wildman–Crippen LogP) is 4.97. The largest absolute Gasteiger partial charge is 0.383 e. The van der Waals surface area contributed by atoms with E-state index in [1.807, 2.05) is 0 Å². The summed E-state index contributed by atoms with van der Waals surface area (Å²) in [7, 11) is 0. The molecule has 0 fully saturated rings. The Hall–Kier alpha value is -2.19. The van der Waals surface area contributed by atoms with Crippen molar-refractivity contribution in [3.63, 3.8) is 0 Å². The molecule has 2 unspecified atom stereocenters. The highest BCUT2D eigenvalue weighted by atomic mass is 32.2. The van der Waals surface area contributed by atoms with Gasteiger partial charge in [-0.25, -0.2) is 14.4 Å². The highest BCUT2D eigenvalue weighted by Crippen LogP contribution is 2.40. The summed E-state index contributed by atoms with van der Waals surface area (Å²) < 4.78 is 13.7. The van der Waals surface area contributed by atoms with Crippen LogP contribution in [-0.2, 0) is 17.6 Å². The second-order valence-corrected chi connectivity index (χ2v) is 10.0. The number of thioether (sulfide) groups is 1. The van der Waals surface area contributed by atoms with Gasteiger partial charge in [-0.15, -0.1) is 11.3 Å². The number of aromatic nitrogens is 2. The van der Waals surface area contributed by atoms with Crippen LogP contribution in [-0.4, -0.2) is 21.1 Å². The van der Waals surface area contributed by atoms with E-state index in [0.717, 1.165) is 29.5 Å². The fourth-order valence-corrected chi connectivity index (χ4v) is 5.75. The number of hydrogen-bond donors (Lipinski definition) is 2. The number of nitrogen functional groups attached to an aromatic ring is 1. The van der Waals surface area contributed by atoms with Crippen LogP contribution in [0.5, 0.6) is 0 Å². The van der Waals surface area contributed by atoms with Gasteiger partial charge in [-0.3, -0.25) is 4.79 Å². The molecular formula is C21H23FN4OS2. The van der Waals surface area contributed by atoms with Crippen LogP contribution >= 0.6 is 23.1 Å². The lowest BCUT2D eigenvalue weighted by atomic mass is 9.89. The number of nitrogens with zero attached hydrogens (tertiary/aromatic N) is 2. The standard InChI is InChI=1S/C21H23FN4OS2/c1-10-4-7-14-16(8-10)29-20-17(14)18(23)25-21(26-20)28-12(3)19(27)24-13-6-5-11(2)15(22)9-13/h5-6,9-10,12H,4,7-8H2,1-3H3,(H,24,27)(H2,23,25,26). The molecule has 2 heterocycles. The summed E-state index contributed by atoms with van der Waals surface area (Å²) in [5.74, 6) is 0.576. The summed E-state index contributed by atoms with van der Waals surface area (Å²) in [6, 6.07) is 4.65. The third kappa shape index (κ3) is 4.09. The first-order chi connectivity index (χ1) is 13.8. The fraction of sp³-hybridized carbons (Fsp3) is 0.381. The van der Waals surface area contributed by atoms with Gasteiger partial charge < -0.3 is 11.1 Å². The van der Waals surface area contributed by atoms with Crippen molar-refractivity contribution < 1.29 is 9.18 Å². The Balaban J connectivity index is 1.52. The summed E-state index contributed by atoms with van der Waals surface area (Å²) in [5.41, 5.74) is 8.53. The quantitative estimate of drug-likeness (QED) is 0.451. The number of nitrogens with two attached hydrogens (primary N) is 1. The third-order valence-electron chi connectivity index (χ3n) is 5.25. The van der Waals surface area contributed by atoms with Crippen LogP contribution in [0.25, 0.3) is 10.2 Å². The molecule has 1 amide bonds. The van der Waals surface area contributed by atoms with Gasteiger partial charge in [0.05, 0.1) is 10.6 Å². The van der Waals surface area contributed by atoms with Crippen molar-refractivity contribution in [2.45, 2.75) is 50.4 Å². The second kappa shape index (κ2) is 7.91. The summed E-state index contributed by atoms with van der Waals surface area (Å²) in [4.78, 5) is 23.9. The number of amides is 1. The molecule has 0 aliphatic heterocycles. The maximum absolute atomic E-state index is 13.7. The Morgan fingerprint density at radius 2 is 2.21 bits per heavy atom. The first-order valence-electron chi connectivity index (χ1n) is 9.63. The molecule has 0 spiro atoms. The number of aryl methyl sites for hydroxylation is 2. The Morgan fingerprint density at radius 3 is 2.97 bits per heavy atom. The minimum absolute atomic E-state index is 0.236. The number of anilines is 2. The van der Waals surface area contributed by atoms with Gasteiger partial charge in [0.1, 0.15) is 16.5 Å². The van der Waals surface area contributed by atoms with Gasteiger partial charge in [-0.2, -0.15) is 0 Å². The van der Waals surface area contributed by atoms with Crippen LogP contribution in [0.15, 0.2) is 23.4 Å². The lowest BCUT2D eigenvalue weighted by molar-refractivity contribution is -0.115. The fourth-order valence-electron chi connectivity index (χ4n) is 3.53. The molecule has 5 nitrogen and oxygen atoms in total. The van der Waals surface area contributed by atoms with E-state index in [2.05, 4.69) is 22.2 Å². The van der Waals surface area contributed by atoms with Crippen molar-refractivity contribution in [3.05, 3.63) is 40.0 Å². The van der Waals surface area contributed by atoms with Crippen molar-refractivity contribution in [2.24, 2.45) is 5.92 Å². The zero-order chi connectivity index (χ0) is 20.7. The van der Waals surface area contributed by atoms with Gasteiger partial charge in [0, 0.05) is 10.6 Å². The average molecular weight is 431 g/mol. The minimum atomic E-state index is -0.453. The van der Waals surface area contributed by atoms with E-state index in [1.54, 1.807) is 37.3 Å². The van der Waals surface area contributed by atoms with Gasteiger partial charge in [0.15, 0.2) is 5.16 Å². The van der Waals surface area contributed by atoms with Crippen molar-refractivity contribution in [2.75, 3.05) is 11.1 Å². The van der Waals surface area contributed by atoms with E-state index >= 15 is 0 Å². The number of rotatable bonds is 4. The Morgan fingerprint density at radius 1 is 1.41 bits per heavy atom. The van der Waals surface area contributed by atoms with E-state index in [9.17, 15) is 9.18 Å². The van der Waals surface area contributed by atoms with E-state index in [4.69, 9.17) is 5.73 Å². The normalized spacial score (nSPS) is 17.2. The molecule has 0 saturated heterocycles. The minimum Gasteiger partial charge on any atom is -0.383 e. The molecule has 0 radical (unpaired) electrons. The van der Waals surface area contributed by atoms with E-state index in [-0.39, 0.29) is 11.7 Å². The molecule has 4 rings (SSSR count). The molecule has 0 bridgehead atoms. The van der Waals surface area contributed by atoms with E-state index < -0.39 is 5.25 Å². The molecule has 3 aromatic rings. The van der Waals surface area contributed by atoms with Crippen molar-refractivity contribution >= 4 is 50.7 Å². The maximum Gasteiger partial charge on any atom is 0.237 e. The van der Waals surface area contributed by atoms with Crippen LogP contribution in [0.2, 0.25) is 0 Å². The lowest BCUT2D eigenvalue weighted by Gasteiger charge is -2.17. The molecule has 8 heteroatoms. The molecule has 1 aromatic carbocycles. The molecule has 29 heavy (non-hydrogen) atoms. The van der Waals surface area contributed by atoms with E-state index in [0.29, 0.717) is 28.1 Å². The van der Waals surface area contributed by atoms with Crippen LogP contribution in [0.1, 0.15) is 36.3 Å². The topological polar surface area (TPSA) is 80.9 Å². The number of fused-ring (bicyclic) bond motifs is 3. The van der Waals surface area contributed by atoms with Gasteiger partial charge in [-0.05, 0) is 62.3 Å². The summed E-state index contributed by atoms with van der Waals surface area (Å²) in [6.07, 6.45) is 3.23. The highest BCUT2D eigenvalue weighted by molar-refractivity contribution is 8.00. The highest BCUT2D eigenvalue weighted by Gasteiger charge is 2.24.